The van der Waals surface area contributed by atoms with E-state index in [9.17, 15) is 0 Å². The molecule has 0 bridgehead atoms. The SMILES string of the molecule is Cc1[nH]nc(CN2CCC[C@H](c3ccn(CCO)n3)C2)c1Cl. The number of H-pyrrole nitrogens is 1. The van der Waals surface area contributed by atoms with E-state index in [1.165, 1.54) is 0 Å². The number of nitrogens with one attached hydrogen (secondary N) is 1. The van der Waals surface area contributed by atoms with Crippen LogP contribution in [0.1, 0.15) is 35.8 Å². The van der Waals surface area contributed by atoms with Crippen LogP contribution in [-0.4, -0.2) is 49.7 Å². The molecule has 22 heavy (non-hydrogen) atoms. The first-order valence-corrected chi connectivity index (χ1v) is 8.11. The summed E-state index contributed by atoms with van der Waals surface area (Å²) in [5.41, 5.74) is 2.96. The molecule has 0 aliphatic carbocycles. The second kappa shape index (κ2) is 6.81. The van der Waals surface area contributed by atoms with Gasteiger partial charge in [-0.1, -0.05) is 11.6 Å². The van der Waals surface area contributed by atoms with Gasteiger partial charge in [-0.2, -0.15) is 10.2 Å². The smallest absolute Gasteiger partial charge is 0.0951 e. The Labute approximate surface area is 135 Å². The third-order valence-corrected chi connectivity index (χ3v) is 4.73. The fourth-order valence-corrected chi connectivity index (χ4v) is 3.19. The van der Waals surface area contributed by atoms with Gasteiger partial charge in [0, 0.05) is 25.2 Å². The summed E-state index contributed by atoms with van der Waals surface area (Å²) in [4.78, 5) is 2.39. The van der Waals surface area contributed by atoms with Crippen LogP contribution in [0.15, 0.2) is 12.3 Å². The number of aryl methyl sites for hydroxylation is 1. The molecule has 0 unspecified atom stereocenters. The van der Waals surface area contributed by atoms with E-state index in [-0.39, 0.29) is 6.61 Å². The van der Waals surface area contributed by atoms with Gasteiger partial charge in [0.05, 0.1) is 35.3 Å². The minimum atomic E-state index is 0.120. The molecule has 2 aromatic rings. The van der Waals surface area contributed by atoms with Gasteiger partial charge in [-0.05, 0) is 32.4 Å². The van der Waals surface area contributed by atoms with Crippen molar-refractivity contribution in [2.75, 3.05) is 19.7 Å². The summed E-state index contributed by atoms with van der Waals surface area (Å²) >= 11 is 6.26. The first-order valence-electron chi connectivity index (χ1n) is 7.73. The van der Waals surface area contributed by atoms with Crippen molar-refractivity contribution in [1.29, 1.82) is 0 Å². The van der Waals surface area contributed by atoms with Crippen molar-refractivity contribution in [3.63, 3.8) is 0 Å². The van der Waals surface area contributed by atoms with E-state index in [1.54, 1.807) is 0 Å². The van der Waals surface area contributed by atoms with Crippen LogP contribution in [0.5, 0.6) is 0 Å². The number of aliphatic hydroxyl groups is 1. The van der Waals surface area contributed by atoms with Crippen molar-refractivity contribution in [1.82, 2.24) is 24.9 Å². The van der Waals surface area contributed by atoms with E-state index >= 15 is 0 Å². The van der Waals surface area contributed by atoms with E-state index in [4.69, 9.17) is 16.7 Å². The molecule has 1 fully saturated rings. The van der Waals surface area contributed by atoms with Crippen LogP contribution in [0.4, 0.5) is 0 Å². The standard InChI is InChI=1S/C15H22ClN5O/c1-11-15(16)14(18-17-11)10-20-5-2-3-12(9-20)13-4-6-21(19-13)7-8-22/h4,6,12,22H,2-3,5,7-10H2,1H3,(H,17,18)/t12-/m0/s1. The maximum Gasteiger partial charge on any atom is 0.0951 e. The molecule has 6 nitrogen and oxygen atoms in total. The highest BCUT2D eigenvalue weighted by atomic mass is 35.5. The Balaban J connectivity index is 1.64. The molecule has 0 spiro atoms. The van der Waals surface area contributed by atoms with Gasteiger partial charge in [0.1, 0.15) is 0 Å². The Morgan fingerprint density at radius 2 is 2.36 bits per heavy atom. The quantitative estimate of drug-likeness (QED) is 0.882. The van der Waals surface area contributed by atoms with Crippen molar-refractivity contribution in [3.05, 3.63) is 34.4 Å². The Morgan fingerprint density at radius 1 is 1.50 bits per heavy atom. The third-order valence-electron chi connectivity index (χ3n) is 4.23. The third kappa shape index (κ3) is 3.34. The molecule has 3 heterocycles. The van der Waals surface area contributed by atoms with Gasteiger partial charge in [0.15, 0.2) is 0 Å². The van der Waals surface area contributed by atoms with Crippen LogP contribution in [0.3, 0.4) is 0 Å². The largest absolute Gasteiger partial charge is 0.394 e. The highest BCUT2D eigenvalue weighted by Crippen LogP contribution is 2.27. The molecule has 1 aliphatic rings. The van der Waals surface area contributed by atoms with E-state index in [0.717, 1.165) is 54.6 Å². The van der Waals surface area contributed by atoms with Crippen molar-refractivity contribution < 1.29 is 5.11 Å². The van der Waals surface area contributed by atoms with E-state index in [0.29, 0.717) is 12.5 Å². The van der Waals surface area contributed by atoms with Crippen LogP contribution in [0, 0.1) is 6.92 Å². The van der Waals surface area contributed by atoms with Crippen molar-refractivity contribution >= 4 is 11.6 Å². The summed E-state index contributed by atoms with van der Waals surface area (Å²) in [6.07, 6.45) is 4.25. The number of halogens is 1. The summed E-state index contributed by atoms with van der Waals surface area (Å²) in [5, 5.41) is 21.5. The molecule has 120 valence electrons. The molecule has 0 amide bonds. The van der Waals surface area contributed by atoms with Crippen LogP contribution >= 0.6 is 11.6 Å². The average molecular weight is 324 g/mol. The van der Waals surface area contributed by atoms with Crippen LogP contribution in [0.25, 0.3) is 0 Å². The number of hydrogen-bond donors (Lipinski definition) is 2. The van der Waals surface area contributed by atoms with Gasteiger partial charge in [-0.3, -0.25) is 14.7 Å². The fraction of sp³-hybridized carbons (Fsp3) is 0.600. The average Bonchev–Trinajstić information content (AvgIpc) is 3.10. The summed E-state index contributed by atoms with van der Waals surface area (Å²) in [6.45, 7) is 5.42. The number of rotatable bonds is 5. The van der Waals surface area contributed by atoms with E-state index in [2.05, 4.69) is 26.3 Å². The summed E-state index contributed by atoms with van der Waals surface area (Å²) in [5.74, 6) is 0.438. The topological polar surface area (TPSA) is 70.0 Å². The maximum absolute atomic E-state index is 8.98. The van der Waals surface area contributed by atoms with Crippen molar-refractivity contribution in [3.8, 4) is 0 Å². The molecule has 7 heteroatoms. The Bertz CT molecular complexity index is 623. The van der Waals surface area contributed by atoms with Gasteiger partial charge >= 0.3 is 0 Å². The number of aromatic amines is 1. The lowest BCUT2D eigenvalue weighted by atomic mass is 9.95. The number of aliphatic hydroxyl groups excluding tert-OH is 1. The van der Waals surface area contributed by atoms with Gasteiger partial charge in [0.25, 0.3) is 0 Å². The van der Waals surface area contributed by atoms with Crippen molar-refractivity contribution in [2.24, 2.45) is 0 Å². The van der Waals surface area contributed by atoms with Gasteiger partial charge in [-0.25, -0.2) is 0 Å². The minimum Gasteiger partial charge on any atom is -0.394 e. The van der Waals surface area contributed by atoms with E-state index < -0.39 is 0 Å². The highest BCUT2D eigenvalue weighted by molar-refractivity contribution is 6.31. The molecule has 1 aliphatic heterocycles. The van der Waals surface area contributed by atoms with Crippen LogP contribution < -0.4 is 0 Å². The normalized spacial score (nSPS) is 19.7. The molecule has 1 saturated heterocycles. The first kappa shape index (κ1) is 15.5. The number of aromatic nitrogens is 4. The maximum atomic E-state index is 8.98. The Morgan fingerprint density at radius 3 is 3.09 bits per heavy atom. The van der Waals surface area contributed by atoms with Crippen LogP contribution in [0.2, 0.25) is 5.02 Å². The minimum absolute atomic E-state index is 0.120. The van der Waals surface area contributed by atoms with Crippen LogP contribution in [-0.2, 0) is 13.1 Å². The highest BCUT2D eigenvalue weighted by Gasteiger charge is 2.24. The summed E-state index contributed by atoms with van der Waals surface area (Å²) in [6, 6.07) is 2.06. The predicted octanol–water partition coefficient (Wildman–Crippen LogP) is 1.94. The predicted molar refractivity (Wildman–Crippen MR) is 84.9 cm³/mol. The monoisotopic (exact) mass is 323 g/mol. The Kier molecular flexibility index (Phi) is 4.81. The second-order valence-corrected chi connectivity index (χ2v) is 6.29. The molecule has 0 radical (unpaired) electrons. The van der Waals surface area contributed by atoms with Gasteiger partial charge in [-0.15, -0.1) is 0 Å². The first-order chi connectivity index (χ1) is 10.7. The molecule has 3 rings (SSSR count). The molecule has 0 saturated carbocycles. The lowest BCUT2D eigenvalue weighted by molar-refractivity contribution is 0.195. The number of nitrogens with zero attached hydrogens (tertiary/aromatic N) is 4. The molecule has 2 N–H and O–H groups in total. The fourth-order valence-electron chi connectivity index (χ4n) is 3.05. The molecule has 0 aromatic carbocycles. The van der Waals surface area contributed by atoms with Gasteiger partial charge < -0.3 is 5.11 Å². The number of piperidine rings is 1. The lowest BCUT2D eigenvalue weighted by Crippen LogP contribution is -2.34. The second-order valence-electron chi connectivity index (χ2n) is 5.91. The molecular weight excluding hydrogens is 302 g/mol. The Hall–Kier alpha value is -1.37. The molecule has 1 atom stereocenters. The van der Waals surface area contributed by atoms with Crippen molar-refractivity contribution in [2.45, 2.75) is 38.8 Å². The zero-order valence-electron chi connectivity index (χ0n) is 12.8. The number of likely N-dealkylation sites (tertiary alicyclic amines) is 1. The number of hydrogen-bond acceptors (Lipinski definition) is 4. The molecule has 2 aromatic heterocycles. The summed E-state index contributed by atoms with van der Waals surface area (Å²) < 4.78 is 1.81. The lowest BCUT2D eigenvalue weighted by Gasteiger charge is -2.31. The zero-order valence-corrected chi connectivity index (χ0v) is 13.6. The summed E-state index contributed by atoms with van der Waals surface area (Å²) in [7, 11) is 0. The molecular formula is C15H22ClN5O. The zero-order chi connectivity index (χ0) is 15.5. The van der Waals surface area contributed by atoms with Gasteiger partial charge in [0.2, 0.25) is 0 Å². The van der Waals surface area contributed by atoms with E-state index in [1.807, 2.05) is 17.8 Å².